The van der Waals surface area contributed by atoms with Crippen molar-refractivity contribution in [2.75, 3.05) is 5.32 Å². The van der Waals surface area contributed by atoms with E-state index in [1.54, 1.807) is 24.5 Å². The van der Waals surface area contributed by atoms with E-state index in [1.807, 2.05) is 42.5 Å². The fourth-order valence-electron chi connectivity index (χ4n) is 2.49. The third-order valence-electron chi connectivity index (χ3n) is 3.63. The molecule has 0 saturated carbocycles. The molecule has 120 valence electrons. The normalized spacial score (nSPS) is 11.7. The topological polar surface area (TPSA) is 68.1 Å². The van der Waals surface area contributed by atoms with E-state index in [0.29, 0.717) is 10.7 Å². The van der Waals surface area contributed by atoms with Crippen LogP contribution in [0.1, 0.15) is 17.2 Å². The van der Waals surface area contributed by atoms with Crippen molar-refractivity contribution in [3.63, 3.8) is 0 Å². The molecule has 0 aliphatic heterocycles. The van der Waals surface area contributed by atoms with Crippen LogP contribution >= 0.6 is 11.6 Å². The first-order valence-electron chi connectivity index (χ1n) is 7.30. The Labute approximate surface area is 144 Å². The van der Waals surface area contributed by atoms with E-state index in [-0.39, 0.29) is 11.7 Å². The van der Waals surface area contributed by atoms with Gasteiger partial charge in [0.15, 0.2) is 0 Å². The Morgan fingerprint density at radius 2 is 1.67 bits per heavy atom. The Morgan fingerprint density at radius 1 is 1.00 bits per heavy atom. The molecular formula is C18H14ClN3O2. The van der Waals surface area contributed by atoms with Crippen molar-refractivity contribution in [1.82, 2.24) is 4.98 Å². The summed E-state index contributed by atoms with van der Waals surface area (Å²) in [5, 5.41) is 14.9. The number of aromatic nitrogens is 1. The molecule has 1 aromatic heterocycles. The van der Waals surface area contributed by atoms with Gasteiger partial charge in [-0.15, -0.1) is 0 Å². The van der Waals surface area contributed by atoms with Crippen molar-refractivity contribution in [2.45, 2.75) is 6.04 Å². The molecule has 0 fully saturated rings. The van der Waals surface area contributed by atoms with E-state index >= 15 is 0 Å². The summed E-state index contributed by atoms with van der Waals surface area (Å²) in [6.07, 6.45) is 3.40. The van der Waals surface area contributed by atoms with E-state index in [1.165, 1.54) is 6.07 Å². The molecule has 3 rings (SSSR count). The highest BCUT2D eigenvalue weighted by Crippen LogP contribution is 2.33. The summed E-state index contributed by atoms with van der Waals surface area (Å²) in [5.41, 5.74) is 2.31. The molecule has 1 atom stereocenters. The van der Waals surface area contributed by atoms with Crippen molar-refractivity contribution in [3.8, 4) is 0 Å². The van der Waals surface area contributed by atoms with Crippen molar-refractivity contribution < 1.29 is 4.92 Å². The number of rotatable bonds is 5. The molecular weight excluding hydrogens is 326 g/mol. The van der Waals surface area contributed by atoms with E-state index in [0.717, 1.165) is 11.1 Å². The van der Waals surface area contributed by atoms with Gasteiger partial charge >= 0.3 is 0 Å². The van der Waals surface area contributed by atoms with Crippen LogP contribution in [-0.4, -0.2) is 9.91 Å². The quantitative estimate of drug-likeness (QED) is 0.533. The first-order chi connectivity index (χ1) is 11.6. The largest absolute Gasteiger partial charge is 0.369 e. The molecule has 1 heterocycles. The molecule has 3 aromatic rings. The van der Waals surface area contributed by atoms with Gasteiger partial charge in [0.25, 0.3) is 5.69 Å². The Morgan fingerprint density at radius 3 is 2.33 bits per heavy atom. The van der Waals surface area contributed by atoms with Crippen molar-refractivity contribution in [1.29, 1.82) is 0 Å². The fourth-order valence-corrected chi connectivity index (χ4v) is 2.66. The molecule has 0 radical (unpaired) electrons. The average molecular weight is 340 g/mol. The van der Waals surface area contributed by atoms with Gasteiger partial charge in [-0.3, -0.25) is 15.1 Å². The molecule has 0 aliphatic carbocycles. The van der Waals surface area contributed by atoms with Gasteiger partial charge in [0.2, 0.25) is 0 Å². The highest BCUT2D eigenvalue weighted by molar-refractivity contribution is 6.30. The number of nitrogens with one attached hydrogen (secondary N) is 1. The summed E-state index contributed by atoms with van der Waals surface area (Å²) in [4.78, 5) is 14.9. The number of pyridine rings is 1. The maximum atomic E-state index is 11.3. The lowest BCUT2D eigenvalue weighted by atomic mass is 9.99. The molecule has 1 N–H and O–H groups in total. The summed E-state index contributed by atoms with van der Waals surface area (Å²) in [5.74, 6) is 0. The zero-order valence-electron chi connectivity index (χ0n) is 12.6. The SMILES string of the molecule is O=[N+]([O-])c1cc(Cl)ccc1N[C@@H](c1ccccc1)c1ccncc1. The smallest absolute Gasteiger partial charge is 0.293 e. The second kappa shape index (κ2) is 7.10. The van der Waals surface area contributed by atoms with Crippen LogP contribution in [0.15, 0.2) is 73.1 Å². The molecule has 0 saturated heterocycles. The monoisotopic (exact) mass is 339 g/mol. The highest BCUT2D eigenvalue weighted by atomic mass is 35.5. The molecule has 24 heavy (non-hydrogen) atoms. The van der Waals surface area contributed by atoms with Gasteiger partial charge in [-0.1, -0.05) is 41.9 Å². The van der Waals surface area contributed by atoms with Crippen molar-refractivity contribution >= 4 is 23.0 Å². The Bertz CT molecular complexity index is 802. The number of halogens is 1. The fraction of sp³-hybridized carbons (Fsp3) is 0.0556. The number of nitrogens with zero attached hydrogens (tertiary/aromatic N) is 2. The molecule has 0 spiro atoms. The minimum Gasteiger partial charge on any atom is -0.369 e. The highest BCUT2D eigenvalue weighted by Gasteiger charge is 2.20. The average Bonchev–Trinajstić information content (AvgIpc) is 2.62. The van der Waals surface area contributed by atoms with E-state index < -0.39 is 4.92 Å². The van der Waals surface area contributed by atoms with E-state index in [4.69, 9.17) is 11.6 Å². The second-order valence-corrected chi connectivity index (χ2v) is 5.62. The third kappa shape index (κ3) is 3.52. The minimum atomic E-state index is -0.442. The first-order valence-corrected chi connectivity index (χ1v) is 7.68. The molecule has 2 aromatic carbocycles. The van der Waals surface area contributed by atoms with E-state index in [2.05, 4.69) is 10.3 Å². The molecule has 0 aliphatic rings. The Kier molecular flexibility index (Phi) is 4.72. The lowest BCUT2D eigenvalue weighted by Crippen LogP contribution is -2.13. The molecule has 6 heteroatoms. The summed E-state index contributed by atoms with van der Waals surface area (Å²) in [7, 11) is 0. The van der Waals surface area contributed by atoms with Crippen LogP contribution in [0.3, 0.4) is 0 Å². The first kappa shape index (κ1) is 16.0. The van der Waals surface area contributed by atoms with Gasteiger partial charge < -0.3 is 5.32 Å². The molecule has 0 bridgehead atoms. The molecule has 5 nitrogen and oxygen atoms in total. The predicted octanol–water partition coefficient (Wildman–Crippen LogP) is 4.84. The number of nitro benzene ring substituents is 1. The standard InChI is InChI=1S/C18H14ClN3O2/c19-15-6-7-16(17(12-15)22(23)24)21-18(13-4-2-1-3-5-13)14-8-10-20-11-9-14/h1-12,18,21H/t18-/m0/s1. The van der Waals surface area contributed by atoms with Crippen LogP contribution in [0.2, 0.25) is 5.02 Å². The van der Waals surface area contributed by atoms with Crippen LogP contribution < -0.4 is 5.32 Å². The number of hydrogen-bond acceptors (Lipinski definition) is 4. The lowest BCUT2D eigenvalue weighted by Gasteiger charge is -2.21. The number of benzene rings is 2. The predicted molar refractivity (Wildman–Crippen MR) is 94.3 cm³/mol. The van der Waals surface area contributed by atoms with Gasteiger partial charge in [0.05, 0.1) is 11.0 Å². The summed E-state index contributed by atoms with van der Waals surface area (Å²) < 4.78 is 0. The van der Waals surface area contributed by atoms with Crippen LogP contribution in [0.4, 0.5) is 11.4 Å². The minimum absolute atomic E-state index is 0.0579. The zero-order valence-corrected chi connectivity index (χ0v) is 13.4. The van der Waals surface area contributed by atoms with Gasteiger partial charge in [-0.05, 0) is 35.4 Å². The summed E-state index contributed by atoms with van der Waals surface area (Å²) in [6, 6.07) is 17.9. The van der Waals surface area contributed by atoms with Gasteiger partial charge in [-0.25, -0.2) is 0 Å². The zero-order chi connectivity index (χ0) is 16.9. The maximum absolute atomic E-state index is 11.3. The van der Waals surface area contributed by atoms with Gasteiger partial charge in [0.1, 0.15) is 5.69 Å². The van der Waals surface area contributed by atoms with Gasteiger partial charge in [0, 0.05) is 23.5 Å². The van der Waals surface area contributed by atoms with Crippen LogP contribution in [-0.2, 0) is 0 Å². The molecule has 0 unspecified atom stereocenters. The van der Waals surface area contributed by atoms with Crippen LogP contribution in [0, 0.1) is 10.1 Å². The summed E-state index contributed by atoms with van der Waals surface area (Å²) >= 11 is 5.89. The molecule has 0 amide bonds. The number of nitro groups is 1. The van der Waals surface area contributed by atoms with Crippen LogP contribution in [0.25, 0.3) is 0 Å². The van der Waals surface area contributed by atoms with Crippen LogP contribution in [0.5, 0.6) is 0 Å². The second-order valence-electron chi connectivity index (χ2n) is 5.19. The third-order valence-corrected chi connectivity index (χ3v) is 3.86. The Balaban J connectivity index is 2.04. The summed E-state index contributed by atoms with van der Waals surface area (Å²) in [6.45, 7) is 0. The van der Waals surface area contributed by atoms with Gasteiger partial charge in [-0.2, -0.15) is 0 Å². The number of hydrogen-bond donors (Lipinski definition) is 1. The Hall–Kier alpha value is -2.92. The van der Waals surface area contributed by atoms with Crippen molar-refractivity contribution in [3.05, 3.63) is 99.3 Å². The maximum Gasteiger partial charge on any atom is 0.293 e. The number of anilines is 1. The lowest BCUT2D eigenvalue weighted by molar-refractivity contribution is -0.384. The van der Waals surface area contributed by atoms with E-state index in [9.17, 15) is 10.1 Å². The van der Waals surface area contributed by atoms with Crippen molar-refractivity contribution in [2.24, 2.45) is 0 Å².